The molecule has 1 aromatic carbocycles. The molecule has 4 heterocycles. The summed E-state index contributed by atoms with van der Waals surface area (Å²) in [7, 11) is 1.49. The topological polar surface area (TPSA) is 173 Å². The van der Waals surface area contributed by atoms with Crippen molar-refractivity contribution < 1.29 is 57.5 Å². The molecule has 13 heteroatoms. The van der Waals surface area contributed by atoms with Crippen molar-refractivity contribution in [2.24, 2.45) is 23.7 Å². The minimum atomic E-state index is -2.00. The SMILES string of the molecule is CO[C@H]1C=CO[C@@]2(C)Oc3c(C)c(O)c4c(c3C2=O)C(=O)C=C(NC(=O)C(C)=CC=C[C@H](C)[C@@H]2OC(C)(C)O[C@H]([C@H](C)[C@H](OC(C)=O)[C@@H]1C)[C@@H]2C)C4=O. The van der Waals surface area contributed by atoms with E-state index < -0.39 is 76.3 Å². The van der Waals surface area contributed by atoms with Crippen molar-refractivity contribution in [3.63, 3.8) is 0 Å². The molecule has 0 spiro atoms. The van der Waals surface area contributed by atoms with Gasteiger partial charge in [-0.05, 0) is 33.8 Å². The van der Waals surface area contributed by atoms with Crippen LogP contribution in [0.2, 0.25) is 0 Å². The molecule has 5 aliphatic rings. The lowest BCUT2D eigenvalue weighted by Gasteiger charge is -2.50. The number of ether oxygens (including phenoxy) is 6. The lowest BCUT2D eigenvalue weighted by molar-refractivity contribution is -0.336. The van der Waals surface area contributed by atoms with Crippen LogP contribution in [0.3, 0.4) is 0 Å². The van der Waals surface area contributed by atoms with E-state index >= 15 is 0 Å². The van der Waals surface area contributed by atoms with Crippen LogP contribution in [0.4, 0.5) is 0 Å². The van der Waals surface area contributed by atoms with Gasteiger partial charge in [0.25, 0.3) is 11.7 Å². The second kappa shape index (κ2) is 14.7. The first-order valence-electron chi connectivity index (χ1n) is 17.7. The van der Waals surface area contributed by atoms with E-state index in [0.717, 1.165) is 6.08 Å². The van der Waals surface area contributed by atoms with Crippen LogP contribution >= 0.6 is 0 Å². The number of phenols is 1. The third-order valence-electron chi connectivity index (χ3n) is 10.6. The van der Waals surface area contributed by atoms with Gasteiger partial charge in [-0.3, -0.25) is 24.0 Å². The van der Waals surface area contributed by atoms with Gasteiger partial charge in [0, 0.05) is 61.8 Å². The molecule has 1 amide bonds. The van der Waals surface area contributed by atoms with Crippen molar-refractivity contribution in [1.29, 1.82) is 0 Å². The van der Waals surface area contributed by atoms with Crippen LogP contribution in [-0.2, 0) is 33.3 Å². The first-order valence-corrected chi connectivity index (χ1v) is 17.7. The molecule has 1 aromatic rings. The highest BCUT2D eigenvalue weighted by molar-refractivity contribution is 6.30. The number of methoxy groups -OCH3 is 1. The zero-order chi connectivity index (χ0) is 39.3. The predicted octanol–water partition coefficient (Wildman–Crippen LogP) is 5.43. The van der Waals surface area contributed by atoms with Crippen LogP contribution in [-0.4, -0.2) is 77.4 Å². The summed E-state index contributed by atoms with van der Waals surface area (Å²) >= 11 is 0. The molecule has 1 fully saturated rings. The highest BCUT2D eigenvalue weighted by Gasteiger charge is 2.52. The average molecular weight is 736 g/mol. The van der Waals surface area contributed by atoms with Crippen molar-refractivity contribution in [2.75, 3.05) is 7.11 Å². The molecule has 13 nitrogen and oxygen atoms in total. The highest BCUT2D eigenvalue weighted by atomic mass is 16.7. The number of nitrogens with one attached hydrogen (secondary N) is 1. The monoisotopic (exact) mass is 735 g/mol. The Morgan fingerprint density at radius 1 is 0.906 bits per heavy atom. The smallest absolute Gasteiger partial charge is 0.312 e. The van der Waals surface area contributed by atoms with E-state index in [1.807, 2.05) is 47.6 Å². The summed E-state index contributed by atoms with van der Waals surface area (Å²) in [6.45, 7) is 17.2. The Labute approximate surface area is 309 Å². The fourth-order valence-corrected chi connectivity index (χ4v) is 7.71. The van der Waals surface area contributed by atoms with Gasteiger partial charge in [-0.15, -0.1) is 0 Å². The third kappa shape index (κ3) is 7.34. The number of Topliss-reactive ketones (excluding diaryl/α,β-unsaturated/α-hetero) is 2. The molecule has 0 saturated carbocycles. The Bertz CT molecular complexity index is 1850. The summed E-state index contributed by atoms with van der Waals surface area (Å²) in [5.41, 5.74) is -1.07. The number of carbonyl (C=O) groups is 5. The number of allylic oxidation sites excluding steroid dienone is 4. The number of aromatic hydroxyl groups is 1. The molecule has 2 N–H and O–H groups in total. The summed E-state index contributed by atoms with van der Waals surface area (Å²) in [6, 6.07) is 0. The van der Waals surface area contributed by atoms with Gasteiger partial charge < -0.3 is 38.8 Å². The minimum Gasteiger partial charge on any atom is -0.507 e. The number of hydrogen-bond acceptors (Lipinski definition) is 12. The molecule has 0 unspecified atom stereocenters. The van der Waals surface area contributed by atoms with E-state index in [2.05, 4.69) is 5.32 Å². The van der Waals surface area contributed by atoms with Crippen molar-refractivity contribution in [2.45, 2.75) is 105 Å². The molecule has 286 valence electrons. The maximum Gasteiger partial charge on any atom is 0.312 e. The molecular weight excluding hydrogens is 686 g/mol. The standard InChI is InChI=1S/C40H49NO12/c1-18-13-12-14-19(2)38(47)41-25-17-26(43)28-29(32(25)45)31(44)21(4)36-30(28)37(46)40(10,53-36)49-16-15-27(48-11)20(3)34(50-24(7)42)23(6)35-22(5)33(18)51-39(8,9)52-35/h12-18,20,22-23,27,33-35,44H,1-11H3,(H,41,47)/t18-,20+,22+,23+,27-,33-,34+,35-,40-/m0/s1. The zero-order valence-corrected chi connectivity index (χ0v) is 32.0. The number of esters is 1. The minimum absolute atomic E-state index is 0.0356. The number of amides is 1. The summed E-state index contributed by atoms with van der Waals surface area (Å²) < 4.78 is 36.6. The van der Waals surface area contributed by atoms with Crippen LogP contribution < -0.4 is 10.1 Å². The summed E-state index contributed by atoms with van der Waals surface area (Å²) in [5, 5.41) is 13.7. The van der Waals surface area contributed by atoms with Gasteiger partial charge in [0.1, 0.15) is 17.6 Å². The van der Waals surface area contributed by atoms with Crippen molar-refractivity contribution in [1.82, 2.24) is 5.32 Å². The number of ketones is 3. The maximum absolute atomic E-state index is 14.0. The average Bonchev–Trinajstić information content (AvgIpc) is 3.35. The van der Waals surface area contributed by atoms with E-state index in [1.54, 1.807) is 25.2 Å². The quantitative estimate of drug-likeness (QED) is 0.370. The Kier molecular flexibility index (Phi) is 11.0. The van der Waals surface area contributed by atoms with Crippen LogP contribution in [0.15, 0.2) is 47.9 Å². The molecule has 0 aromatic heterocycles. The number of phenolic OH excluding ortho intramolecular Hbond substituents is 1. The molecule has 1 aliphatic carbocycles. The van der Waals surface area contributed by atoms with E-state index in [0.29, 0.717) is 0 Å². The number of fused-ring (bicyclic) bond motifs is 10. The number of benzene rings is 1. The molecule has 6 rings (SSSR count). The van der Waals surface area contributed by atoms with Crippen LogP contribution in [0.1, 0.15) is 99.0 Å². The van der Waals surface area contributed by atoms with Gasteiger partial charge in [-0.1, -0.05) is 45.9 Å². The molecule has 7 bridgehead atoms. The summed E-state index contributed by atoms with van der Waals surface area (Å²) in [5.74, 6) is -8.33. The lowest BCUT2D eigenvalue weighted by atomic mass is 9.77. The second-order valence-electron chi connectivity index (χ2n) is 15.0. The molecule has 9 atom stereocenters. The predicted molar refractivity (Wildman–Crippen MR) is 191 cm³/mol. The Morgan fingerprint density at radius 3 is 2.21 bits per heavy atom. The van der Waals surface area contributed by atoms with Gasteiger partial charge >= 0.3 is 11.8 Å². The van der Waals surface area contributed by atoms with Crippen LogP contribution in [0.5, 0.6) is 11.5 Å². The van der Waals surface area contributed by atoms with Gasteiger partial charge in [-0.2, -0.15) is 0 Å². The first kappa shape index (κ1) is 39.6. The first-order chi connectivity index (χ1) is 24.7. The maximum atomic E-state index is 14.0. The number of rotatable bonds is 2. The largest absolute Gasteiger partial charge is 0.507 e. The molecule has 0 radical (unpaired) electrons. The highest BCUT2D eigenvalue weighted by Crippen LogP contribution is 2.48. The molecule has 53 heavy (non-hydrogen) atoms. The number of carbonyl (C=O) groups excluding carboxylic acids is 5. The van der Waals surface area contributed by atoms with Gasteiger partial charge in [-0.25, -0.2) is 0 Å². The van der Waals surface area contributed by atoms with Gasteiger partial charge in [0.2, 0.25) is 5.78 Å². The summed E-state index contributed by atoms with van der Waals surface area (Å²) in [6.07, 6.45) is 6.77. The van der Waals surface area contributed by atoms with E-state index in [9.17, 15) is 29.1 Å². The Hall–Kier alpha value is -4.59. The van der Waals surface area contributed by atoms with Gasteiger partial charge in [0.05, 0.1) is 47.0 Å². The van der Waals surface area contributed by atoms with E-state index in [-0.39, 0.29) is 57.6 Å². The zero-order valence-electron chi connectivity index (χ0n) is 32.0. The third-order valence-corrected chi connectivity index (χ3v) is 10.6. The van der Waals surface area contributed by atoms with Crippen molar-refractivity contribution >= 4 is 29.2 Å². The fourth-order valence-electron chi connectivity index (χ4n) is 7.71. The number of hydrogen-bond donors (Lipinski definition) is 2. The van der Waals surface area contributed by atoms with Crippen LogP contribution in [0, 0.1) is 30.6 Å². The Balaban J connectivity index is 1.62. The van der Waals surface area contributed by atoms with Crippen molar-refractivity contribution in [3.8, 4) is 11.5 Å². The fraction of sp³-hybridized carbons (Fsp3) is 0.525. The molecule has 1 saturated heterocycles. The molecular formula is C40H49NO12. The second-order valence-corrected chi connectivity index (χ2v) is 15.0. The lowest BCUT2D eigenvalue weighted by Crippen LogP contribution is -2.56. The molecule has 4 aliphatic heterocycles. The normalized spacial score (nSPS) is 33.0. The van der Waals surface area contributed by atoms with Crippen LogP contribution in [0.25, 0.3) is 0 Å². The summed E-state index contributed by atoms with van der Waals surface area (Å²) in [4.78, 5) is 67.0. The van der Waals surface area contributed by atoms with Crippen molar-refractivity contribution in [3.05, 3.63) is 70.2 Å². The van der Waals surface area contributed by atoms with Gasteiger partial charge in [0.15, 0.2) is 11.6 Å². The van der Waals surface area contributed by atoms with E-state index in [1.165, 1.54) is 34.1 Å². The van der Waals surface area contributed by atoms with E-state index in [4.69, 9.17) is 28.4 Å². The Morgan fingerprint density at radius 2 is 1.57 bits per heavy atom.